The summed E-state index contributed by atoms with van der Waals surface area (Å²) in [7, 11) is 0. The second kappa shape index (κ2) is 7.92. The van der Waals surface area contributed by atoms with Gasteiger partial charge in [-0.2, -0.15) is 0 Å². The number of nitrogens with zero attached hydrogens (tertiary/aromatic N) is 1. The molecule has 116 valence electrons. The number of Topliss-reactive ketones (excluding diaryl/α,β-unsaturated/α-hetero) is 1. The summed E-state index contributed by atoms with van der Waals surface area (Å²) in [5.41, 5.74) is 0.686. The van der Waals surface area contributed by atoms with Gasteiger partial charge in [0.2, 0.25) is 0 Å². The average molecular weight is 310 g/mol. The number of aliphatic hydroxyl groups excluding tert-OH is 1. The van der Waals surface area contributed by atoms with E-state index in [1.165, 1.54) is 19.3 Å². The Kier molecular flexibility index (Phi) is 6.22. The van der Waals surface area contributed by atoms with Crippen LogP contribution < -0.4 is 0 Å². The average Bonchev–Trinajstić information content (AvgIpc) is 2.53. The Morgan fingerprint density at radius 1 is 1.29 bits per heavy atom. The first-order valence-electron chi connectivity index (χ1n) is 7.80. The van der Waals surface area contributed by atoms with Crippen molar-refractivity contribution in [3.05, 3.63) is 34.9 Å². The molecule has 1 aliphatic carbocycles. The number of aliphatic hydroxyl groups is 1. The van der Waals surface area contributed by atoms with Crippen LogP contribution in [0.4, 0.5) is 0 Å². The van der Waals surface area contributed by atoms with E-state index >= 15 is 0 Å². The highest BCUT2D eigenvalue weighted by molar-refractivity contribution is 6.30. The molecular weight excluding hydrogens is 286 g/mol. The van der Waals surface area contributed by atoms with E-state index in [2.05, 4.69) is 4.90 Å². The fourth-order valence-electron chi connectivity index (χ4n) is 3.23. The second-order valence-electron chi connectivity index (χ2n) is 5.80. The van der Waals surface area contributed by atoms with Gasteiger partial charge in [-0.25, -0.2) is 0 Å². The highest BCUT2D eigenvalue weighted by Gasteiger charge is 2.29. The number of ketones is 1. The fraction of sp³-hybridized carbons (Fsp3) is 0.588. The van der Waals surface area contributed by atoms with E-state index < -0.39 is 0 Å². The van der Waals surface area contributed by atoms with Crippen LogP contribution in [0, 0.1) is 0 Å². The molecule has 0 amide bonds. The minimum absolute atomic E-state index is 0.0920. The lowest BCUT2D eigenvalue weighted by Crippen LogP contribution is -2.47. The van der Waals surface area contributed by atoms with Crippen molar-refractivity contribution in [2.24, 2.45) is 0 Å². The maximum absolute atomic E-state index is 12.6. The highest BCUT2D eigenvalue weighted by Crippen LogP contribution is 2.25. The molecule has 0 heterocycles. The van der Waals surface area contributed by atoms with Gasteiger partial charge in [-0.1, -0.05) is 30.9 Å². The summed E-state index contributed by atoms with van der Waals surface area (Å²) in [6.45, 7) is 2.60. The van der Waals surface area contributed by atoms with Gasteiger partial charge in [-0.05, 0) is 44.0 Å². The molecule has 0 bridgehead atoms. The van der Waals surface area contributed by atoms with Crippen LogP contribution in [0.1, 0.15) is 49.4 Å². The van der Waals surface area contributed by atoms with Gasteiger partial charge in [0.1, 0.15) is 0 Å². The Morgan fingerprint density at radius 3 is 2.48 bits per heavy atom. The number of halogens is 1. The molecule has 0 saturated heterocycles. The minimum atomic E-state index is -0.207. The molecule has 21 heavy (non-hydrogen) atoms. The quantitative estimate of drug-likeness (QED) is 0.817. The third-order valence-corrected chi connectivity index (χ3v) is 4.66. The molecule has 1 aromatic carbocycles. The molecule has 1 saturated carbocycles. The van der Waals surface area contributed by atoms with Crippen LogP contribution in [-0.4, -0.2) is 41.0 Å². The number of benzene rings is 1. The molecule has 4 heteroatoms. The molecule has 1 N–H and O–H groups in total. The summed E-state index contributed by atoms with van der Waals surface area (Å²) in [6, 6.07) is 7.26. The molecule has 0 radical (unpaired) electrons. The maximum Gasteiger partial charge on any atom is 0.179 e. The van der Waals surface area contributed by atoms with Gasteiger partial charge in [-0.15, -0.1) is 0 Å². The van der Waals surface area contributed by atoms with Crippen LogP contribution in [0.3, 0.4) is 0 Å². The van der Waals surface area contributed by atoms with E-state index in [0.29, 0.717) is 23.2 Å². The molecule has 0 aromatic heterocycles. The van der Waals surface area contributed by atoms with Gasteiger partial charge in [-0.3, -0.25) is 9.69 Å². The van der Waals surface area contributed by atoms with E-state index in [9.17, 15) is 9.90 Å². The van der Waals surface area contributed by atoms with E-state index in [1.54, 1.807) is 24.3 Å². The minimum Gasteiger partial charge on any atom is -0.395 e. The molecule has 1 unspecified atom stereocenters. The molecule has 1 aromatic rings. The number of hydrogen-bond acceptors (Lipinski definition) is 3. The zero-order chi connectivity index (χ0) is 15.2. The first-order valence-corrected chi connectivity index (χ1v) is 8.17. The topological polar surface area (TPSA) is 40.5 Å². The first-order chi connectivity index (χ1) is 10.1. The Balaban J connectivity index is 2.10. The highest BCUT2D eigenvalue weighted by atomic mass is 35.5. The van der Waals surface area contributed by atoms with Crippen molar-refractivity contribution in [1.82, 2.24) is 4.90 Å². The van der Waals surface area contributed by atoms with E-state index in [1.807, 2.05) is 6.92 Å². The van der Waals surface area contributed by atoms with Crippen LogP contribution in [0.25, 0.3) is 0 Å². The molecule has 1 fully saturated rings. The molecule has 1 atom stereocenters. The van der Waals surface area contributed by atoms with E-state index in [0.717, 1.165) is 12.8 Å². The number of hydrogen-bond donors (Lipinski definition) is 1. The van der Waals surface area contributed by atoms with Crippen molar-refractivity contribution in [3.8, 4) is 0 Å². The Morgan fingerprint density at radius 2 is 1.90 bits per heavy atom. The summed E-state index contributed by atoms with van der Waals surface area (Å²) in [4.78, 5) is 14.8. The van der Waals surface area contributed by atoms with Crippen LogP contribution in [0.15, 0.2) is 24.3 Å². The predicted molar refractivity (Wildman–Crippen MR) is 85.9 cm³/mol. The summed E-state index contributed by atoms with van der Waals surface area (Å²) < 4.78 is 0. The van der Waals surface area contributed by atoms with Gasteiger partial charge in [0, 0.05) is 23.2 Å². The summed E-state index contributed by atoms with van der Waals surface area (Å²) >= 11 is 5.88. The standard InChI is InChI=1S/C17H24ClNO2/c1-13(17(21)14-7-9-15(18)10-8-14)19(11-12-20)16-5-3-2-4-6-16/h7-10,13,16,20H,2-6,11-12H2,1H3. The van der Waals surface area contributed by atoms with Crippen molar-refractivity contribution in [2.75, 3.05) is 13.2 Å². The lowest BCUT2D eigenvalue weighted by molar-refractivity contribution is 0.0628. The van der Waals surface area contributed by atoms with Crippen LogP contribution >= 0.6 is 11.6 Å². The monoisotopic (exact) mass is 309 g/mol. The summed E-state index contributed by atoms with van der Waals surface area (Å²) in [5, 5.41) is 9.97. The lowest BCUT2D eigenvalue weighted by Gasteiger charge is -2.37. The first kappa shape index (κ1) is 16.5. The van der Waals surface area contributed by atoms with Gasteiger partial charge in [0.15, 0.2) is 5.78 Å². The number of carbonyl (C=O) groups excluding carboxylic acids is 1. The fourth-order valence-corrected chi connectivity index (χ4v) is 3.35. The number of carbonyl (C=O) groups is 1. The van der Waals surface area contributed by atoms with Gasteiger partial charge >= 0.3 is 0 Å². The third kappa shape index (κ3) is 4.29. The summed E-state index contributed by atoms with van der Waals surface area (Å²) in [6.07, 6.45) is 5.96. The van der Waals surface area contributed by atoms with Crippen LogP contribution in [0.5, 0.6) is 0 Å². The van der Waals surface area contributed by atoms with Gasteiger partial charge < -0.3 is 5.11 Å². The zero-order valence-corrected chi connectivity index (χ0v) is 13.4. The van der Waals surface area contributed by atoms with Crippen molar-refractivity contribution < 1.29 is 9.90 Å². The van der Waals surface area contributed by atoms with Gasteiger partial charge in [0.05, 0.1) is 12.6 Å². The molecular formula is C17H24ClNO2. The second-order valence-corrected chi connectivity index (χ2v) is 6.24. The normalized spacial score (nSPS) is 17.9. The van der Waals surface area contributed by atoms with E-state index in [-0.39, 0.29) is 18.4 Å². The smallest absolute Gasteiger partial charge is 0.179 e. The van der Waals surface area contributed by atoms with Gasteiger partial charge in [0.25, 0.3) is 0 Å². The third-order valence-electron chi connectivity index (χ3n) is 4.41. The Hall–Kier alpha value is -0.900. The Labute approximate surface area is 131 Å². The molecule has 1 aliphatic rings. The SMILES string of the molecule is CC(C(=O)c1ccc(Cl)cc1)N(CCO)C1CCCCC1. The molecule has 0 spiro atoms. The lowest BCUT2D eigenvalue weighted by atomic mass is 9.92. The molecule has 3 nitrogen and oxygen atoms in total. The van der Waals surface area contributed by atoms with Crippen LogP contribution in [0.2, 0.25) is 5.02 Å². The van der Waals surface area contributed by atoms with Crippen molar-refractivity contribution in [2.45, 2.75) is 51.1 Å². The largest absolute Gasteiger partial charge is 0.395 e. The number of rotatable bonds is 6. The van der Waals surface area contributed by atoms with E-state index in [4.69, 9.17) is 11.6 Å². The Bertz CT molecular complexity index is 454. The van der Waals surface area contributed by atoms with Crippen molar-refractivity contribution in [3.63, 3.8) is 0 Å². The van der Waals surface area contributed by atoms with Crippen LogP contribution in [-0.2, 0) is 0 Å². The predicted octanol–water partition coefficient (Wildman–Crippen LogP) is 3.54. The van der Waals surface area contributed by atoms with Crippen molar-refractivity contribution in [1.29, 1.82) is 0 Å². The van der Waals surface area contributed by atoms with Crippen molar-refractivity contribution >= 4 is 17.4 Å². The molecule has 2 rings (SSSR count). The summed E-state index contributed by atoms with van der Waals surface area (Å²) in [5.74, 6) is 0.102. The zero-order valence-electron chi connectivity index (χ0n) is 12.6. The maximum atomic E-state index is 12.6. The molecule has 0 aliphatic heterocycles.